The number of amides is 1. The van der Waals surface area contributed by atoms with Gasteiger partial charge in [0.15, 0.2) is 0 Å². The fourth-order valence-electron chi connectivity index (χ4n) is 2.82. The van der Waals surface area contributed by atoms with Crippen LogP contribution in [0.2, 0.25) is 0 Å². The first-order valence-corrected chi connectivity index (χ1v) is 8.33. The number of carbonyl (C=O) groups excluding carboxylic acids is 1. The number of benzene rings is 1. The van der Waals surface area contributed by atoms with Gasteiger partial charge in [0.25, 0.3) is 0 Å². The third-order valence-corrected chi connectivity index (χ3v) is 5.15. The summed E-state index contributed by atoms with van der Waals surface area (Å²) < 4.78 is 12.8. The number of thiophene rings is 1. The van der Waals surface area contributed by atoms with Crippen molar-refractivity contribution >= 4 is 17.2 Å². The molecule has 5 heteroatoms. The Balaban J connectivity index is 1.53. The lowest BCUT2D eigenvalue weighted by molar-refractivity contribution is -0.123. The molecule has 3 nitrogen and oxygen atoms in total. The standard InChI is InChI=1S/C17H19FN2OS/c1-12-15-7-9-22-16(15)6-8-20(12)11-17(21)19-10-13-2-4-14(18)5-3-13/h2-5,7,9,12H,6,8,10-11H2,1H3,(H,19,21)/t12-/m1/s1. The number of hydrogen-bond acceptors (Lipinski definition) is 3. The van der Waals surface area contributed by atoms with Crippen molar-refractivity contribution in [1.29, 1.82) is 0 Å². The molecular weight excluding hydrogens is 299 g/mol. The average molecular weight is 318 g/mol. The molecule has 0 unspecified atom stereocenters. The number of hydrogen-bond donors (Lipinski definition) is 1. The van der Waals surface area contributed by atoms with Crippen LogP contribution in [-0.4, -0.2) is 23.9 Å². The first-order chi connectivity index (χ1) is 10.6. The van der Waals surface area contributed by atoms with E-state index in [0.29, 0.717) is 13.1 Å². The van der Waals surface area contributed by atoms with E-state index < -0.39 is 0 Å². The molecule has 0 saturated heterocycles. The smallest absolute Gasteiger partial charge is 0.234 e. The lowest BCUT2D eigenvalue weighted by atomic mass is 10.0. The van der Waals surface area contributed by atoms with Crippen molar-refractivity contribution < 1.29 is 9.18 Å². The molecule has 0 bridgehead atoms. The Bertz CT molecular complexity index is 653. The zero-order chi connectivity index (χ0) is 15.5. The summed E-state index contributed by atoms with van der Waals surface area (Å²) in [4.78, 5) is 15.8. The maximum Gasteiger partial charge on any atom is 0.234 e. The Labute approximate surface area is 133 Å². The van der Waals surface area contributed by atoms with Crippen LogP contribution in [0.25, 0.3) is 0 Å². The first-order valence-electron chi connectivity index (χ1n) is 7.45. The number of halogens is 1. The second-order valence-corrected chi connectivity index (χ2v) is 6.60. The number of fused-ring (bicyclic) bond motifs is 1. The topological polar surface area (TPSA) is 32.3 Å². The minimum absolute atomic E-state index is 0.00912. The van der Waals surface area contributed by atoms with Crippen LogP contribution < -0.4 is 5.32 Å². The number of carbonyl (C=O) groups is 1. The van der Waals surface area contributed by atoms with Crippen molar-refractivity contribution in [2.24, 2.45) is 0 Å². The first kappa shape index (κ1) is 15.2. The van der Waals surface area contributed by atoms with Gasteiger partial charge in [-0.25, -0.2) is 4.39 Å². The van der Waals surface area contributed by atoms with Crippen molar-refractivity contribution in [3.8, 4) is 0 Å². The fourth-order valence-corrected chi connectivity index (χ4v) is 3.78. The Morgan fingerprint density at radius 1 is 1.36 bits per heavy atom. The van der Waals surface area contributed by atoms with Crippen molar-refractivity contribution in [2.45, 2.75) is 25.9 Å². The van der Waals surface area contributed by atoms with Gasteiger partial charge >= 0.3 is 0 Å². The second kappa shape index (κ2) is 6.58. The predicted molar refractivity (Wildman–Crippen MR) is 86.3 cm³/mol. The molecule has 0 spiro atoms. The number of nitrogens with zero attached hydrogens (tertiary/aromatic N) is 1. The van der Waals surface area contributed by atoms with E-state index in [9.17, 15) is 9.18 Å². The molecule has 1 atom stereocenters. The molecule has 0 fully saturated rings. The third kappa shape index (κ3) is 3.36. The molecule has 2 heterocycles. The Kier molecular flexibility index (Phi) is 4.55. The molecule has 1 aliphatic heterocycles. The zero-order valence-corrected chi connectivity index (χ0v) is 13.3. The van der Waals surface area contributed by atoms with Gasteiger partial charge in [0, 0.05) is 24.0 Å². The monoisotopic (exact) mass is 318 g/mol. The SMILES string of the molecule is C[C@@H]1c2ccsc2CCN1CC(=O)NCc1ccc(F)cc1. The third-order valence-electron chi connectivity index (χ3n) is 4.15. The second-order valence-electron chi connectivity index (χ2n) is 5.60. The molecule has 0 aliphatic carbocycles. The highest BCUT2D eigenvalue weighted by Crippen LogP contribution is 2.32. The van der Waals surface area contributed by atoms with Crippen LogP contribution in [0.3, 0.4) is 0 Å². The highest BCUT2D eigenvalue weighted by Gasteiger charge is 2.25. The van der Waals surface area contributed by atoms with Gasteiger partial charge in [-0.05, 0) is 48.1 Å². The largest absolute Gasteiger partial charge is 0.351 e. The molecule has 3 rings (SSSR count). The maximum absolute atomic E-state index is 12.8. The van der Waals surface area contributed by atoms with E-state index >= 15 is 0 Å². The fraction of sp³-hybridized carbons (Fsp3) is 0.353. The average Bonchev–Trinajstić information content (AvgIpc) is 2.99. The lowest BCUT2D eigenvalue weighted by Crippen LogP contribution is -2.41. The molecule has 116 valence electrons. The van der Waals surface area contributed by atoms with Gasteiger partial charge in [-0.2, -0.15) is 0 Å². The summed E-state index contributed by atoms with van der Waals surface area (Å²) in [5, 5.41) is 5.03. The van der Waals surface area contributed by atoms with Gasteiger partial charge in [0.1, 0.15) is 5.82 Å². The van der Waals surface area contributed by atoms with E-state index in [1.165, 1.54) is 22.6 Å². The summed E-state index contributed by atoms with van der Waals surface area (Å²) >= 11 is 1.80. The van der Waals surface area contributed by atoms with Gasteiger partial charge in [-0.1, -0.05) is 12.1 Å². The quantitative estimate of drug-likeness (QED) is 0.939. The summed E-state index contributed by atoms with van der Waals surface area (Å²) in [6.45, 7) is 3.90. The van der Waals surface area contributed by atoms with Crippen LogP contribution in [0, 0.1) is 5.82 Å². The maximum atomic E-state index is 12.8. The van der Waals surface area contributed by atoms with Crippen LogP contribution in [0.5, 0.6) is 0 Å². The molecule has 0 radical (unpaired) electrons. The van der Waals surface area contributed by atoms with Gasteiger partial charge in [-0.3, -0.25) is 9.69 Å². The molecule has 0 saturated carbocycles. The highest BCUT2D eigenvalue weighted by molar-refractivity contribution is 7.10. The molecule has 22 heavy (non-hydrogen) atoms. The van der Waals surface area contributed by atoms with Crippen LogP contribution in [-0.2, 0) is 17.8 Å². The molecule has 1 aliphatic rings. The number of rotatable bonds is 4. The number of nitrogens with one attached hydrogen (secondary N) is 1. The molecule has 1 aromatic heterocycles. The molecule has 2 aromatic rings. The minimum atomic E-state index is -0.260. The van der Waals surface area contributed by atoms with Gasteiger partial charge in [0.05, 0.1) is 6.54 Å². The van der Waals surface area contributed by atoms with E-state index in [1.54, 1.807) is 23.5 Å². The summed E-state index contributed by atoms with van der Waals surface area (Å²) in [5.41, 5.74) is 2.25. The van der Waals surface area contributed by atoms with Crippen molar-refractivity contribution in [2.75, 3.05) is 13.1 Å². The van der Waals surface area contributed by atoms with Crippen molar-refractivity contribution in [3.63, 3.8) is 0 Å². The molecule has 1 amide bonds. The predicted octanol–water partition coefficient (Wildman–Crippen LogP) is 3.12. The van der Waals surface area contributed by atoms with Crippen LogP contribution in [0.15, 0.2) is 35.7 Å². The van der Waals surface area contributed by atoms with E-state index in [-0.39, 0.29) is 17.8 Å². The normalized spacial score (nSPS) is 18.0. The van der Waals surface area contributed by atoms with Crippen LogP contribution in [0.4, 0.5) is 4.39 Å². The van der Waals surface area contributed by atoms with Crippen molar-refractivity contribution in [3.05, 3.63) is 57.5 Å². The van der Waals surface area contributed by atoms with E-state index in [4.69, 9.17) is 0 Å². The highest BCUT2D eigenvalue weighted by atomic mass is 32.1. The summed E-state index contributed by atoms with van der Waals surface area (Å²) in [6, 6.07) is 8.64. The lowest BCUT2D eigenvalue weighted by Gasteiger charge is -2.32. The Hall–Kier alpha value is -1.72. The summed E-state index contributed by atoms with van der Waals surface area (Å²) in [7, 11) is 0. The molecule has 1 aromatic carbocycles. The Morgan fingerprint density at radius 2 is 2.14 bits per heavy atom. The minimum Gasteiger partial charge on any atom is -0.351 e. The van der Waals surface area contributed by atoms with Crippen LogP contribution >= 0.6 is 11.3 Å². The van der Waals surface area contributed by atoms with Gasteiger partial charge in [0.2, 0.25) is 5.91 Å². The van der Waals surface area contributed by atoms with Gasteiger partial charge < -0.3 is 5.32 Å². The summed E-state index contributed by atoms with van der Waals surface area (Å²) in [6.07, 6.45) is 1.02. The van der Waals surface area contributed by atoms with Gasteiger partial charge in [-0.15, -0.1) is 11.3 Å². The van der Waals surface area contributed by atoms with E-state index in [2.05, 4.69) is 28.6 Å². The summed E-state index contributed by atoms with van der Waals surface area (Å²) in [5.74, 6) is -0.251. The molecular formula is C17H19FN2OS. The van der Waals surface area contributed by atoms with E-state index in [0.717, 1.165) is 18.5 Å². The Morgan fingerprint density at radius 3 is 2.91 bits per heavy atom. The van der Waals surface area contributed by atoms with Crippen LogP contribution in [0.1, 0.15) is 29.0 Å². The van der Waals surface area contributed by atoms with Crippen molar-refractivity contribution in [1.82, 2.24) is 10.2 Å². The van der Waals surface area contributed by atoms with E-state index in [1.807, 2.05) is 0 Å². The molecule has 1 N–H and O–H groups in total. The zero-order valence-electron chi connectivity index (χ0n) is 12.5.